The van der Waals surface area contributed by atoms with Crippen molar-refractivity contribution in [3.63, 3.8) is 0 Å². The Morgan fingerprint density at radius 2 is 2.12 bits per heavy atom. The van der Waals surface area contributed by atoms with E-state index in [9.17, 15) is 9.59 Å². The zero-order valence-corrected chi connectivity index (χ0v) is 15.1. The SMILES string of the molecule is Cc1nnsc1C(=O)N1CCCC(c2n[nH]c(=O)n2-c2ccccc2)C1. The van der Waals surface area contributed by atoms with Crippen molar-refractivity contribution in [2.75, 3.05) is 13.1 Å². The topological polar surface area (TPSA) is 96.8 Å². The van der Waals surface area contributed by atoms with Crippen molar-refractivity contribution in [1.29, 1.82) is 0 Å². The number of piperidine rings is 1. The Kier molecular flexibility index (Phi) is 4.37. The Labute approximate surface area is 153 Å². The van der Waals surface area contributed by atoms with Gasteiger partial charge in [-0.15, -0.1) is 5.10 Å². The van der Waals surface area contributed by atoms with Crippen LogP contribution in [0.25, 0.3) is 5.69 Å². The molecule has 1 amide bonds. The number of aromatic nitrogens is 5. The number of nitrogens with zero attached hydrogens (tertiary/aromatic N) is 5. The number of hydrogen-bond donors (Lipinski definition) is 1. The third kappa shape index (κ3) is 2.94. The minimum absolute atomic E-state index is 0.00644. The zero-order valence-electron chi connectivity index (χ0n) is 14.3. The van der Waals surface area contributed by atoms with Gasteiger partial charge in [-0.2, -0.15) is 5.10 Å². The molecule has 3 aromatic rings. The maximum Gasteiger partial charge on any atom is 0.347 e. The number of aryl methyl sites for hydroxylation is 1. The van der Waals surface area contributed by atoms with Crippen LogP contribution in [0.1, 0.15) is 39.9 Å². The van der Waals surface area contributed by atoms with Gasteiger partial charge in [-0.05, 0) is 43.4 Å². The fourth-order valence-corrected chi connectivity index (χ4v) is 3.98. The summed E-state index contributed by atoms with van der Waals surface area (Å²) >= 11 is 1.12. The summed E-state index contributed by atoms with van der Waals surface area (Å²) < 4.78 is 5.45. The van der Waals surface area contributed by atoms with Crippen molar-refractivity contribution in [3.8, 4) is 5.69 Å². The first-order valence-corrected chi connectivity index (χ1v) is 9.23. The van der Waals surface area contributed by atoms with E-state index >= 15 is 0 Å². The maximum absolute atomic E-state index is 12.8. The van der Waals surface area contributed by atoms with Crippen molar-refractivity contribution < 1.29 is 4.79 Å². The van der Waals surface area contributed by atoms with E-state index in [1.54, 1.807) is 11.5 Å². The van der Waals surface area contributed by atoms with Gasteiger partial charge in [-0.25, -0.2) is 14.5 Å². The second-order valence-electron chi connectivity index (χ2n) is 6.34. The smallest absolute Gasteiger partial charge is 0.337 e. The number of carbonyl (C=O) groups excluding carboxylic acids is 1. The minimum atomic E-state index is -0.267. The monoisotopic (exact) mass is 370 g/mol. The van der Waals surface area contributed by atoms with Crippen molar-refractivity contribution in [3.05, 3.63) is 57.2 Å². The molecule has 0 bridgehead atoms. The summed E-state index contributed by atoms with van der Waals surface area (Å²) in [6.07, 6.45) is 1.73. The van der Waals surface area contributed by atoms with Crippen LogP contribution in [0.3, 0.4) is 0 Å². The minimum Gasteiger partial charge on any atom is -0.337 e. The number of para-hydroxylation sites is 1. The van der Waals surface area contributed by atoms with Gasteiger partial charge in [0.05, 0.1) is 11.4 Å². The Balaban J connectivity index is 1.63. The lowest BCUT2D eigenvalue weighted by atomic mass is 9.96. The summed E-state index contributed by atoms with van der Waals surface area (Å²) in [7, 11) is 0. The van der Waals surface area contributed by atoms with E-state index < -0.39 is 0 Å². The molecule has 1 aliphatic rings. The second-order valence-corrected chi connectivity index (χ2v) is 7.09. The Bertz CT molecular complexity index is 977. The molecule has 0 saturated carbocycles. The van der Waals surface area contributed by atoms with Gasteiger partial charge in [-0.1, -0.05) is 22.7 Å². The summed E-state index contributed by atoms with van der Waals surface area (Å²) in [6, 6.07) is 9.42. The molecule has 2 aromatic heterocycles. The molecule has 0 radical (unpaired) electrons. The maximum atomic E-state index is 12.8. The molecule has 1 atom stereocenters. The van der Waals surface area contributed by atoms with E-state index in [-0.39, 0.29) is 17.5 Å². The van der Waals surface area contributed by atoms with Gasteiger partial charge in [-0.3, -0.25) is 4.79 Å². The summed E-state index contributed by atoms with van der Waals surface area (Å²) in [5.41, 5.74) is 1.16. The molecule has 1 fully saturated rings. The second kappa shape index (κ2) is 6.83. The standard InChI is InChI=1S/C17H18N6O2S/c1-11-14(26-21-18-11)16(24)22-9-5-6-12(10-22)15-19-20-17(25)23(15)13-7-3-2-4-8-13/h2-4,7-8,12H,5-6,9-10H2,1H3,(H,20,25). The number of amides is 1. The van der Waals surface area contributed by atoms with E-state index in [4.69, 9.17) is 0 Å². The molecular weight excluding hydrogens is 352 g/mol. The number of carbonyl (C=O) groups is 1. The summed E-state index contributed by atoms with van der Waals surface area (Å²) in [6.45, 7) is 3.00. The molecule has 0 spiro atoms. The van der Waals surface area contributed by atoms with Crippen LogP contribution >= 0.6 is 11.5 Å². The molecule has 0 aliphatic carbocycles. The number of likely N-dealkylation sites (tertiary alicyclic amines) is 1. The lowest BCUT2D eigenvalue weighted by Crippen LogP contribution is -2.40. The number of H-pyrrole nitrogens is 1. The van der Waals surface area contributed by atoms with Crippen LogP contribution in [0.2, 0.25) is 0 Å². The zero-order chi connectivity index (χ0) is 18.1. The van der Waals surface area contributed by atoms with Crippen molar-refractivity contribution in [2.24, 2.45) is 0 Å². The fourth-order valence-electron chi connectivity index (χ4n) is 3.35. The average Bonchev–Trinajstić information content (AvgIpc) is 3.27. The van der Waals surface area contributed by atoms with Crippen molar-refractivity contribution in [1.82, 2.24) is 29.3 Å². The van der Waals surface area contributed by atoms with Gasteiger partial charge >= 0.3 is 5.69 Å². The first-order valence-electron chi connectivity index (χ1n) is 8.46. The molecule has 8 nitrogen and oxygen atoms in total. The van der Waals surface area contributed by atoms with Gasteiger partial charge in [0.1, 0.15) is 10.7 Å². The van der Waals surface area contributed by atoms with Crippen LogP contribution in [0, 0.1) is 6.92 Å². The summed E-state index contributed by atoms with van der Waals surface area (Å²) in [4.78, 5) is 27.4. The van der Waals surface area contributed by atoms with Gasteiger partial charge in [0, 0.05) is 19.0 Å². The van der Waals surface area contributed by atoms with E-state index in [1.165, 1.54) is 0 Å². The quantitative estimate of drug-likeness (QED) is 0.757. The number of hydrogen-bond acceptors (Lipinski definition) is 6. The van der Waals surface area contributed by atoms with Crippen LogP contribution < -0.4 is 5.69 Å². The highest BCUT2D eigenvalue weighted by atomic mass is 32.1. The van der Waals surface area contributed by atoms with Crippen LogP contribution in [0.5, 0.6) is 0 Å². The molecule has 1 saturated heterocycles. The van der Waals surface area contributed by atoms with Crippen LogP contribution in [-0.2, 0) is 0 Å². The Hall–Kier alpha value is -2.81. The molecular formula is C17H18N6O2S. The lowest BCUT2D eigenvalue weighted by Gasteiger charge is -2.32. The predicted octanol–water partition coefficient (Wildman–Crippen LogP) is 1.74. The number of nitrogens with one attached hydrogen (secondary N) is 1. The number of benzene rings is 1. The van der Waals surface area contributed by atoms with Crippen LogP contribution in [0.15, 0.2) is 35.1 Å². The number of aromatic amines is 1. The van der Waals surface area contributed by atoms with Gasteiger partial charge in [0.25, 0.3) is 5.91 Å². The van der Waals surface area contributed by atoms with Crippen molar-refractivity contribution in [2.45, 2.75) is 25.7 Å². The predicted molar refractivity (Wildman–Crippen MR) is 96.7 cm³/mol. The molecule has 1 aromatic carbocycles. The molecule has 3 heterocycles. The molecule has 134 valence electrons. The molecule has 26 heavy (non-hydrogen) atoms. The fraction of sp³-hybridized carbons (Fsp3) is 0.353. The molecule has 1 unspecified atom stereocenters. The Morgan fingerprint density at radius 1 is 1.31 bits per heavy atom. The van der Waals surface area contributed by atoms with E-state index in [0.29, 0.717) is 29.5 Å². The third-order valence-electron chi connectivity index (χ3n) is 4.63. The average molecular weight is 370 g/mol. The first-order chi connectivity index (χ1) is 12.6. The third-order valence-corrected chi connectivity index (χ3v) is 5.45. The van der Waals surface area contributed by atoms with E-state index in [1.807, 2.05) is 35.2 Å². The highest BCUT2D eigenvalue weighted by molar-refractivity contribution is 7.07. The highest BCUT2D eigenvalue weighted by Gasteiger charge is 2.30. The lowest BCUT2D eigenvalue weighted by molar-refractivity contribution is 0.0708. The molecule has 1 N–H and O–H groups in total. The van der Waals surface area contributed by atoms with Crippen LogP contribution in [0.4, 0.5) is 0 Å². The number of rotatable bonds is 3. The summed E-state index contributed by atoms with van der Waals surface area (Å²) in [5.74, 6) is 0.609. The van der Waals surface area contributed by atoms with Crippen molar-refractivity contribution >= 4 is 17.4 Å². The van der Waals surface area contributed by atoms with E-state index in [0.717, 1.165) is 30.1 Å². The normalized spacial score (nSPS) is 17.4. The largest absolute Gasteiger partial charge is 0.347 e. The highest BCUT2D eigenvalue weighted by Crippen LogP contribution is 2.28. The van der Waals surface area contributed by atoms with Crippen LogP contribution in [-0.4, -0.2) is 48.2 Å². The van der Waals surface area contributed by atoms with Gasteiger partial charge in [0.2, 0.25) is 0 Å². The Morgan fingerprint density at radius 3 is 2.85 bits per heavy atom. The molecule has 4 rings (SSSR count). The first kappa shape index (κ1) is 16.6. The summed E-state index contributed by atoms with van der Waals surface area (Å²) in [5, 5.41) is 10.7. The van der Waals surface area contributed by atoms with Gasteiger partial charge in [0.15, 0.2) is 0 Å². The molecule has 1 aliphatic heterocycles. The van der Waals surface area contributed by atoms with Gasteiger partial charge < -0.3 is 4.90 Å². The molecule has 9 heteroatoms. The van der Waals surface area contributed by atoms with E-state index in [2.05, 4.69) is 19.8 Å².